The third-order valence-corrected chi connectivity index (χ3v) is 3.16. The molecule has 2 N–H and O–H groups in total. The topological polar surface area (TPSA) is 57.5 Å². The molecular weight excluding hydrogens is 267 g/mol. The van der Waals surface area contributed by atoms with Crippen LogP contribution in [0.25, 0.3) is 0 Å². The van der Waals surface area contributed by atoms with Crippen LogP contribution < -0.4 is 0 Å². The molecule has 1 rings (SSSR count). The van der Waals surface area contributed by atoms with Crippen molar-refractivity contribution in [2.45, 2.75) is 19.8 Å². The largest absolute Gasteiger partial charge is 0.505 e. The van der Waals surface area contributed by atoms with Gasteiger partial charge in [-0.1, -0.05) is 15.9 Å². The average molecular weight is 277 g/mol. The zero-order chi connectivity index (χ0) is 11.6. The number of halogens is 2. The second kappa shape index (κ2) is 4.61. The second-order valence-corrected chi connectivity index (χ2v) is 4.00. The van der Waals surface area contributed by atoms with Crippen molar-refractivity contribution >= 4 is 21.9 Å². The number of phenolic OH excluding ortho intramolecular Hbond substituents is 1. The maximum Gasteiger partial charge on any atom is 0.303 e. The van der Waals surface area contributed by atoms with E-state index in [0.29, 0.717) is 15.6 Å². The summed E-state index contributed by atoms with van der Waals surface area (Å²) in [5.74, 6) is -2.19. The molecule has 15 heavy (non-hydrogen) atoms. The number of aryl methyl sites for hydroxylation is 1. The Hall–Kier alpha value is -1.10. The molecule has 0 atom stereocenters. The Labute approximate surface area is 94.7 Å². The highest BCUT2D eigenvalue weighted by Crippen LogP contribution is 2.32. The van der Waals surface area contributed by atoms with Gasteiger partial charge in [0.15, 0.2) is 11.6 Å². The Bertz CT molecular complexity index is 378. The van der Waals surface area contributed by atoms with Gasteiger partial charge in [-0.25, -0.2) is 4.39 Å². The summed E-state index contributed by atoms with van der Waals surface area (Å²) in [6.07, 6.45) is -0.0462. The molecule has 0 bridgehead atoms. The van der Waals surface area contributed by atoms with Crippen molar-refractivity contribution in [3.05, 3.63) is 27.5 Å². The average Bonchev–Trinajstić information content (AvgIpc) is 2.14. The number of aliphatic carboxylic acids is 1. The van der Waals surface area contributed by atoms with Crippen LogP contribution in [0.1, 0.15) is 17.5 Å². The van der Waals surface area contributed by atoms with Gasteiger partial charge in [0.05, 0.1) is 0 Å². The van der Waals surface area contributed by atoms with Gasteiger partial charge in [0, 0.05) is 16.5 Å². The number of benzene rings is 1. The number of carboxylic acid groups (broad SMARTS) is 1. The molecular formula is C10H10BrFO3. The lowest BCUT2D eigenvalue weighted by atomic mass is 10.1. The molecule has 0 spiro atoms. The Kier molecular flexibility index (Phi) is 3.68. The monoisotopic (exact) mass is 276 g/mol. The number of carbonyl (C=O) groups is 1. The number of hydrogen-bond acceptors (Lipinski definition) is 2. The first-order chi connectivity index (χ1) is 6.93. The van der Waals surface area contributed by atoms with Gasteiger partial charge in [0.25, 0.3) is 0 Å². The molecule has 0 heterocycles. The Balaban J connectivity index is 3.09. The first-order valence-corrected chi connectivity index (χ1v) is 5.11. The number of carboxylic acids is 1. The molecule has 0 aromatic heterocycles. The van der Waals surface area contributed by atoms with Crippen molar-refractivity contribution in [1.82, 2.24) is 0 Å². The lowest BCUT2D eigenvalue weighted by Crippen LogP contribution is -2.00. The number of rotatable bonds is 3. The van der Waals surface area contributed by atoms with Crippen LogP contribution in [0, 0.1) is 12.7 Å². The van der Waals surface area contributed by atoms with Gasteiger partial charge in [0.1, 0.15) is 0 Å². The standard InChI is InChI=1S/C10H10BrFO3/c1-5-4-7(12)10(15)6(9(5)11)2-3-8(13)14/h4,15H,2-3H2,1H3,(H,13,14). The number of aromatic hydroxyl groups is 1. The summed E-state index contributed by atoms with van der Waals surface area (Å²) in [5, 5.41) is 17.9. The van der Waals surface area contributed by atoms with Gasteiger partial charge in [-0.2, -0.15) is 0 Å². The molecule has 1 aromatic carbocycles. The lowest BCUT2D eigenvalue weighted by molar-refractivity contribution is -0.136. The van der Waals surface area contributed by atoms with E-state index < -0.39 is 17.5 Å². The van der Waals surface area contributed by atoms with E-state index >= 15 is 0 Å². The molecule has 5 heteroatoms. The third kappa shape index (κ3) is 2.68. The maximum absolute atomic E-state index is 13.1. The van der Waals surface area contributed by atoms with E-state index in [9.17, 15) is 14.3 Å². The highest BCUT2D eigenvalue weighted by atomic mass is 79.9. The minimum Gasteiger partial charge on any atom is -0.505 e. The Morgan fingerprint density at radius 1 is 1.60 bits per heavy atom. The molecule has 82 valence electrons. The van der Waals surface area contributed by atoms with Crippen molar-refractivity contribution in [2.24, 2.45) is 0 Å². The highest BCUT2D eigenvalue weighted by Gasteiger charge is 2.14. The number of hydrogen-bond donors (Lipinski definition) is 2. The van der Waals surface area contributed by atoms with Crippen LogP contribution in [0.3, 0.4) is 0 Å². The normalized spacial score (nSPS) is 10.3. The van der Waals surface area contributed by atoms with E-state index in [1.165, 1.54) is 6.07 Å². The molecule has 0 aliphatic heterocycles. The molecule has 0 saturated carbocycles. The second-order valence-electron chi connectivity index (χ2n) is 3.21. The molecule has 0 amide bonds. The van der Waals surface area contributed by atoms with Crippen LogP contribution in [-0.4, -0.2) is 16.2 Å². The molecule has 0 saturated heterocycles. The first kappa shape index (κ1) is 12.0. The van der Waals surface area contributed by atoms with Crippen LogP contribution in [0.4, 0.5) is 4.39 Å². The molecule has 0 aliphatic rings. The zero-order valence-corrected chi connectivity index (χ0v) is 9.64. The van der Waals surface area contributed by atoms with E-state index in [4.69, 9.17) is 5.11 Å². The van der Waals surface area contributed by atoms with Gasteiger partial charge < -0.3 is 10.2 Å². The summed E-state index contributed by atoms with van der Waals surface area (Å²) < 4.78 is 13.7. The summed E-state index contributed by atoms with van der Waals surface area (Å²) in [6, 6.07) is 1.20. The minimum absolute atomic E-state index is 0.0976. The van der Waals surface area contributed by atoms with Crippen LogP contribution in [0.15, 0.2) is 10.5 Å². The van der Waals surface area contributed by atoms with E-state index in [0.717, 1.165) is 0 Å². The van der Waals surface area contributed by atoms with Crippen molar-refractivity contribution in [3.63, 3.8) is 0 Å². The van der Waals surface area contributed by atoms with Gasteiger partial charge in [0.2, 0.25) is 0 Å². The van der Waals surface area contributed by atoms with Gasteiger partial charge >= 0.3 is 5.97 Å². The first-order valence-electron chi connectivity index (χ1n) is 4.31. The summed E-state index contributed by atoms with van der Waals surface area (Å²) in [7, 11) is 0. The maximum atomic E-state index is 13.1. The van der Waals surface area contributed by atoms with Gasteiger partial charge in [-0.3, -0.25) is 4.79 Å². The van der Waals surface area contributed by atoms with Gasteiger partial charge in [-0.15, -0.1) is 0 Å². The van der Waals surface area contributed by atoms with Crippen molar-refractivity contribution in [3.8, 4) is 5.75 Å². The fraction of sp³-hybridized carbons (Fsp3) is 0.300. The van der Waals surface area contributed by atoms with Crippen molar-refractivity contribution in [1.29, 1.82) is 0 Å². The minimum atomic E-state index is -0.983. The molecule has 0 aliphatic carbocycles. The predicted molar refractivity (Wildman–Crippen MR) is 56.5 cm³/mol. The highest BCUT2D eigenvalue weighted by molar-refractivity contribution is 9.10. The molecule has 3 nitrogen and oxygen atoms in total. The van der Waals surface area contributed by atoms with Gasteiger partial charge in [-0.05, 0) is 25.0 Å². The van der Waals surface area contributed by atoms with Crippen molar-refractivity contribution < 1.29 is 19.4 Å². The Morgan fingerprint density at radius 2 is 2.20 bits per heavy atom. The fourth-order valence-electron chi connectivity index (χ4n) is 1.27. The van der Waals surface area contributed by atoms with Crippen LogP contribution >= 0.6 is 15.9 Å². The summed E-state index contributed by atoms with van der Waals surface area (Å²) in [4.78, 5) is 10.4. The molecule has 0 radical (unpaired) electrons. The van der Waals surface area contributed by atoms with E-state index in [-0.39, 0.29) is 12.8 Å². The Morgan fingerprint density at radius 3 is 2.73 bits per heavy atom. The zero-order valence-electron chi connectivity index (χ0n) is 8.05. The fourth-order valence-corrected chi connectivity index (χ4v) is 1.77. The summed E-state index contributed by atoms with van der Waals surface area (Å²) >= 11 is 3.20. The van der Waals surface area contributed by atoms with Crippen LogP contribution in [0.2, 0.25) is 0 Å². The third-order valence-electron chi connectivity index (χ3n) is 2.06. The summed E-state index contributed by atoms with van der Waals surface area (Å²) in [6.45, 7) is 1.68. The molecule has 0 unspecified atom stereocenters. The van der Waals surface area contributed by atoms with Crippen LogP contribution in [0.5, 0.6) is 5.75 Å². The van der Waals surface area contributed by atoms with Crippen molar-refractivity contribution in [2.75, 3.05) is 0 Å². The lowest BCUT2D eigenvalue weighted by Gasteiger charge is -2.09. The smallest absolute Gasteiger partial charge is 0.303 e. The number of phenols is 1. The van der Waals surface area contributed by atoms with E-state index in [2.05, 4.69) is 15.9 Å². The predicted octanol–water partition coefficient (Wildman–Crippen LogP) is 2.62. The quantitative estimate of drug-likeness (QED) is 0.892. The van der Waals surface area contributed by atoms with E-state index in [1.807, 2.05) is 0 Å². The molecule has 0 fully saturated rings. The summed E-state index contributed by atoms with van der Waals surface area (Å²) in [5.41, 5.74) is 0.931. The van der Waals surface area contributed by atoms with Crippen LogP contribution in [-0.2, 0) is 11.2 Å². The SMILES string of the molecule is Cc1cc(F)c(O)c(CCC(=O)O)c1Br. The van der Waals surface area contributed by atoms with E-state index in [1.54, 1.807) is 6.92 Å². The molecule has 1 aromatic rings.